The van der Waals surface area contributed by atoms with E-state index in [9.17, 15) is 19.7 Å². The van der Waals surface area contributed by atoms with Crippen molar-refractivity contribution in [2.24, 2.45) is 0 Å². The van der Waals surface area contributed by atoms with Crippen molar-refractivity contribution >= 4 is 40.5 Å². The van der Waals surface area contributed by atoms with Crippen LogP contribution in [-0.2, 0) is 0 Å². The number of nitro benzene ring substituents is 1. The van der Waals surface area contributed by atoms with Gasteiger partial charge in [-0.25, -0.2) is 0 Å². The van der Waals surface area contributed by atoms with Gasteiger partial charge in [-0.15, -0.1) is 0 Å². The van der Waals surface area contributed by atoms with Crippen molar-refractivity contribution in [3.8, 4) is 0 Å². The summed E-state index contributed by atoms with van der Waals surface area (Å²) in [6, 6.07) is 17.1. The summed E-state index contributed by atoms with van der Waals surface area (Å²) in [5.41, 5.74) is 3.74. The van der Waals surface area contributed by atoms with Crippen LogP contribution in [0.25, 0.3) is 0 Å². The third-order valence-electron chi connectivity index (χ3n) is 6.14. The van der Waals surface area contributed by atoms with E-state index in [0.29, 0.717) is 48.0 Å². The van der Waals surface area contributed by atoms with Gasteiger partial charge in [-0.05, 0) is 55.8 Å². The highest BCUT2D eigenvalue weighted by Crippen LogP contribution is 2.30. The molecule has 0 aliphatic carbocycles. The number of nitrogens with zero attached hydrogens (tertiary/aromatic N) is 3. The zero-order valence-electron chi connectivity index (χ0n) is 19.5. The molecule has 35 heavy (non-hydrogen) atoms. The van der Waals surface area contributed by atoms with Crippen molar-refractivity contribution in [2.45, 2.75) is 13.8 Å². The number of hydrogen-bond donors (Lipinski definition) is 1. The normalized spacial score (nSPS) is 13.5. The quantitative estimate of drug-likeness (QED) is 0.396. The first-order valence-corrected chi connectivity index (χ1v) is 11.6. The van der Waals surface area contributed by atoms with Gasteiger partial charge < -0.3 is 15.1 Å². The van der Waals surface area contributed by atoms with Gasteiger partial charge in [-0.2, -0.15) is 0 Å². The van der Waals surface area contributed by atoms with Crippen molar-refractivity contribution in [1.82, 2.24) is 4.90 Å². The van der Waals surface area contributed by atoms with Gasteiger partial charge >= 0.3 is 0 Å². The maximum absolute atomic E-state index is 12.9. The minimum Gasteiger partial charge on any atom is -0.367 e. The van der Waals surface area contributed by atoms with E-state index in [2.05, 4.69) is 10.2 Å². The van der Waals surface area contributed by atoms with E-state index in [-0.39, 0.29) is 17.5 Å². The third kappa shape index (κ3) is 5.27. The second kappa shape index (κ2) is 10.1. The van der Waals surface area contributed by atoms with Crippen molar-refractivity contribution in [2.75, 3.05) is 36.4 Å². The first kappa shape index (κ1) is 24.2. The summed E-state index contributed by atoms with van der Waals surface area (Å²) in [6.07, 6.45) is 0. The molecule has 1 aliphatic heterocycles. The molecule has 3 aromatic rings. The van der Waals surface area contributed by atoms with Crippen LogP contribution < -0.4 is 10.2 Å². The molecule has 0 saturated carbocycles. The molecule has 0 bridgehead atoms. The molecule has 180 valence electrons. The molecule has 1 heterocycles. The molecule has 0 aromatic heterocycles. The lowest BCUT2D eigenvalue weighted by Crippen LogP contribution is -2.49. The average molecular weight is 493 g/mol. The molecule has 4 rings (SSSR count). The Morgan fingerprint density at radius 3 is 2.29 bits per heavy atom. The van der Waals surface area contributed by atoms with E-state index in [1.54, 1.807) is 19.1 Å². The fourth-order valence-corrected chi connectivity index (χ4v) is 4.48. The van der Waals surface area contributed by atoms with Gasteiger partial charge in [-0.1, -0.05) is 29.8 Å². The zero-order chi connectivity index (χ0) is 25.1. The molecule has 8 nitrogen and oxygen atoms in total. The van der Waals surface area contributed by atoms with E-state index in [1.165, 1.54) is 18.2 Å². The first-order chi connectivity index (χ1) is 16.7. The van der Waals surface area contributed by atoms with Crippen molar-refractivity contribution in [3.05, 3.63) is 98.1 Å². The zero-order valence-corrected chi connectivity index (χ0v) is 20.2. The molecule has 0 radical (unpaired) electrons. The molecular formula is C26H25ClN4O4. The van der Waals surface area contributed by atoms with Gasteiger partial charge in [0.2, 0.25) is 0 Å². The Hall–Kier alpha value is -3.91. The number of hydrogen-bond acceptors (Lipinski definition) is 5. The molecular weight excluding hydrogens is 468 g/mol. The monoisotopic (exact) mass is 492 g/mol. The van der Waals surface area contributed by atoms with Crippen molar-refractivity contribution in [1.29, 1.82) is 0 Å². The predicted octanol–water partition coefficient (Wildman–Crippen LogP) is 5.08. The van der Waals surface area contributed by atoms with E-state index < -0.39 is 4.92 Å². The van der Waals surface area contributed by atoms with Crippen LogP contribution in [0.2, 0.25) is 5.02 Å². The Bertz CT molecular complexity index is 1300. The lowest BCUT2D eigenvalue weighted by atomic mass is 10.1. The molecule has 2 amide bonds. The standard InChI is InChI=1S/C26H25ClN4O4/c1-17-5-3-4-6-21(17)26(33)30-13-11-29(12-14-30)24-10-8-20(16-22(24)27)28-25(32)19-7-9-23(31(34)35)18(2)15-19/h3-10,15-16H,11-14H2,1-2H3,(H,28,32). The summed E-state index contributed by atoms with van der Waals surface area (Å²) >= 11 is 6.54. The van der Waals surface area contributed by atoms with Crippen LogP contribution in [-0.4, -0.2) is 47.8 Å². The summed E-state index contributed by atoms with van der Waals surface area (Å²) in [6.45, 7) is 5.99. The Kier molecular flexibility index (Phi) is 7.02. The van der Waals surface area contributed by atoms with Gasteiger partial charge in [0.1, 0.15) is 0 Å². The second-order valence-corrected chi connectivity index (χ2v) is 8.88. The minimum atomic E-state index is -0.478. The number of nitrogens with one attached hydrogen (secondary N) is 1. The summed E-state index contributed by atoms with van der Waals surface area (Å²) in [4.78, 5) is 40.0. The van der Waals surface area contributed by atoms with Crippen LogP contribution >= 0.6 is 11.6 Å². The number of rotatable bonds is 5. The topological polar surface area (TPSA) is 95.8 Å². The number of carbonyl (C=O) groups excluding carboxylic acids is 2. The number of nitro groups is 1. The summed E-state index contributed by atoms with van der Waals surface area (Å²) in [5, 5.41) is 14.3. The lowest BCUT2D eigenvalue weighted by molar-refractivity contribution is -0.385. The summed E-state index contributed by atoms with van der Waals surface area (Å²) < 4.78 is 0. The number of anilines is 2. The summed E-state index contributed by atoms with van der Waals surface area (Å²) in [7, 11) is 0. The summed E-state index contributed by atoms with van der Waals surface area (Å²) in [5.74, 6) is -0.344. The van der Waals surface area contributed by atoms with Gasteiger partial charge in [0, 0.05) is 54.6 Å². The molecule has 9 heteroatoms. The maximum Gasteiger partial charge on any atom is 0.272 e. The fourth-order valence-electron chi connectivity index (χ4n) is 4.18. The van der Waals surface area contributed by atoms with Crippen molar-refractivity contribution in [3.63, 3.8) is 0 Å². The van der Waals surface area contributed by atoms with E-state index in [0.717, 1.165) is 16.8 Å². The Morgan fingerprint density at radius 1 is 0.943 bits per heavy atom. The Balaban J connectivity index is 1.39. The van der Waals surface area contributed by atoms with Crippen LogP contribution in [0.1, 0.15) is 31.8 Å². The van der Waals surface area contributed by atoms with Gasteiger partial charge in [0.05, 0.1) is 15.6 Å². The lowest BCUT2D eigenvalue weighted by Gasteiger charge is -2.36. The largest absolute Gasteiger partial charge is 0.367 e. The molecule has 1 N–H and O–H groups in total. The smallest absolute Gasteiger partial charge is 0.272 e. The predicted molar refractivity (Wildman–Crippen MR) is 137 cm³/mol. The van der Waals surface area contributed by atoms with Crippen LogP contribution in [0.5, 0.6) is 0 Å². The van der Waals surface area contributed by atoms with Crippen LogP contribution in [0.4, 0.5) is 17.1 Å². The highest BCUT2D eigenvalue weighted by molar-refractivity contribution is 6.33. The first-order valence-electron chi connectivity index (χ1n) is 11.2. The maximum atomic E-state index is 12.9. The van der Waals surface area contributed by atoms with Crippen LogP contribution in [0.3, 0.4) is 0 Å². The minimum absolute atomic E-state index is 0.0327. The molecule has 3 aromatic carbocycles. The average Bonchev–Trinajstić information content (AvgIpc) is 2.84. The highest BCUT2D eigenvalue weighted by atomic mass is 35.5. The second-order valence-electron chi connectivity index (χ2n) is 8.47. The molecule has 0 spiro atoms. The van der Waals surface area contributed by atoms with Gasteiger partial charge in [-0.3, -0.25) is 19.7 Å². The molecule has 0 unspecified atom stereocenters. The van der Waals surface area contributed by atoms with E-state index in [4.69, 9.17) is 11.6 Å². The number of amides is 2. The SMILES string of the molecule is Cc1ccccc1C(=O)N1CCN(c2ccc(NC(=O)c3ccc([N+](=O)[O-])c(C)c3)cc2Cl)CC1. The number of aryl methyl sites for hydroxylation is 2. The molecule has 0 atom stereocenters. The fraction of sp³-hybridized carbons (Fsp3) is 0.231. The number of halogens is 1. The van der Waals surface area contributed by atoms with E-state index in [1.807, 2.05) is 42.2 Å². The Labute approximate surface area is 208 Å². The van der Waals surface area contributed by atoms with E-state index >= 15 is 0 Å². The highest BCUT2D eigenvalue weighted by Gasteiger charge is 2.24. The van der Waals surface area contributed by atoms with Crippen LogP contribution in [0.15, 0.2) is 60.7 Å². The molecule has 1 aliphatic rings. The van der Waals surface area contributed by atoms with Crippen molar-refractivity contribution < 1.29 is 14.5 Å². The van der Waals surface area contributed by atoms with Gasteiger partial charge in [0.25, 0.3) is 17.5 Å². The Morgan fingerprint density at radius 2 is 1.66 bits per heavy atom. The number of carbonyl (C=O) groups is 2. The van der Waals surface area contributed by atoms with Gasteiger partial charge in [0.15, 0.2) is 0 Å². The number of piperazine rings is 1. The van der Waals surface area contributed by atoms with Crippen LogP contribution in [0, 0.1) is 24.0 Å². The molecule has 1 fully saturated rings. The third-order valence-corrected chi connectivity index (χ3v) is 6.45. The molecule has 1 saturated heterocycles. The number of benzene rings is 3.